The molecule has 4 unspecified atom stereocenters. The highest BCUT2D eigenvalue weighted by atomic mass is 16.4. The smallest absolute Gasteiger partial charge is 0.326 e. The van der Waals surface area contributed by atoms with Gasteiger partial charge in [-0.25, -0.2) is 4.79 Å². The number of unbranched alkanes of at least 4 members (excludes halogenated alkanes) is 1. The van der Waals surface area contributed by atoms with E-state index in [1.54, 1.807) is 26.0 Å². The number of hydrogen-bond donors (Lipinski definition) is 8. The van der Waals surface area contributed by atoms with E-state index in [2.05, 4.69) is 16.0 Å². The van der Waals surface area contributed by atoms with Gasteiger partial charge in [0, 0.05) is 6.42 Å². The zero-order valence-corrected chi connectivity index (χ0v) is 21.7. The zero-order chi connectivity index (χ0) is 28.8. The fourth-order valence-corrected chi connectivity index (χ4v) is 3.62. The average molecular weight is 538 g/mol. The minimum absolute atomic E-state index is 0.0140. The number of nitrogens with one attached hydrogen (secondary N) is 3. The van der Waals surface area contributed by atoms with Crippen LogP contribution in [0.25, 0.3) is 0 Å². The number of phenols is 1. The molecular formula is C25H39N5O8. The first-order chi connectivity index (χ1) is 17.8. The summed E-state index contributed by atoms with van der Waals surface area (Å²) in [5, 5.41) is 35.1. The molecule has 13 heteroatoms. The van der Waals surface area contributed by atoms with E-state index in [9.17, 15) is 34.2 Å². The van der Waals surface area contributed by atoms with Crippen LogP contribution in [-0.4, -0.2) is 75.7 Å². The van der Waals surface area contributed by atoms with Gasteiger partial charge in [-0.3, -0.25) is 19.2 Å². The monoisotopic (exact) mass is 537 g/mol. The van der Waals surface area contributed by atoms with Crippen molar-refractivity contribution in [2.45, 2.75) is 76.5 Å². The molecule has 0 aliphatic rings. The van der Waals surface area contributed by atoms with Crippen molar-refractivity contribution in [1.29, 1.82) is 0 Å². The largest absolute Gasteiger partial charge is 0.508 e. The molecule has 1 aromatic rings. The number of aromatic hydroxyl groups is 1. The number of phenolic OH excluding ortho intramolecular Hbond substituents is 1. The second-order valence-corrected chi connectivity index (χ2v) is 9.51. The van der Waals surface area contributed by atoms with Crippen LogP contribution >= 0.6 is 0 Å². The fraction of sp³-hybridized carbons (Fsp3) is 0.560. The number of amides is 3. The first-order valence-electron chi connectivity index (χ1n) is 12.4. The predicted octanol–water partition coefficient (Wildman–Crippen LogP) is -0.549. The van der Waals surface area contributed by atoms with Crippen molar-refractivity contribution in [3.63, 3.8) is 0 Å². The highest BCUT2D eigenvalue weighted by Gasteiger charge is 2.31. The third kappa shape index (κ3) is 12.0. The van der Waals surface area contributed by atoms with Crippen molar-refractivity contribution in [1.82, 2.24) is 16.0 Å². The number of carboxylic acid groups (broad SMARTS) is 2. The van der Waals surface area contributed by atoms with Gasteiger partial charge in [0.1, 0.15) is 23.9 Å². The Morgan fingerprint density at radius 3 is 1.92 bits per heavy atom. The number of carboxylic acids is 2. The van der Waals surface area contributed by atoms with Crippen LogP contribution in [0.15, 0.2) is 24.3 Å². The molecule has 1 rings (SSSR count). The number of hydrogen-bond acceptors (Lipinski definition) is 8. The fourth-order valence-electron chi connectivity index (χ4n) is 3.62. The first kappa shape index (κ1) is 32.3. The number of carbonyl (C=O) groups is 5. The Bertz CT molecular complexity index is 954. The summed E-state index contributed by atoms with van der Waals surface area (Å²) in [5.41, 5.74) is 12.1. The number of benzene rings is 1. The van der Waals surface area contributed by atoms with Crippen LogP contribution in [-0.2, 0) is 30.4 Å². The van der Waals surface area contributed by atoms with Gasteiger partial charge in [-0.15, -0.1) is 0 Å². The Kier molecular flexibility index (Phi) is 13.8. The second kappa shape index (κ2) is 16.2. The summed E-state index contributed by atoms with van der Waals surface area (Å²) in [5.74, 6) is -5.18. The lowest BCUT2D eigenvalue weighted by Gasteiger charge is -2.26. The molecule has 212 valence electrons. The Morgan fingerprint density at radius 1 is 0.842 bits per heavy atom. The molecule has 13 nitrogen and oxygen atoms in total. The van der Waals surface area contributed by atoms with Crippen molar-refractivity contribution in [3.05, 3.63) is 29.8 Å². The number of rotatable bonds is 17. The molecule has 3 amide bonds. The molecule has 0 aromatic heterocycles. The van der Waals surface area contributed by atoms with Gasteiger partial charge in [0.05, 0.1) is 12.5 Å². The highest BCUT2D eigenvalue weighted by molar-refractivity contribution is 5.94. The van der Waals surface area contributed by atoms with Crippen LogP contribution in [0.1, 0.15) is 51.5 Å². The molecule has 0 spiro atoms. The highest BCUT2D eigenvalue weighted by Crippen LogP contribution is 2.13. The predicted molar refractivity (Wildman–Crippen MR) is 138 cm³/mol. The van der Waals surface area contributed by atoms with E-state index in [0.717, 1.165) is 0 Å². The maximum Gasteiger partial charge on any atom is 0.326 e. The minimum Gasteiger partial charge on any atom is -0.508 e. The summed E-state index contributed by atoms with van der Waals surface area (Å²) in [6, 6.07) is 1.07. The molecule has 0 radical (unpaired) electrons. The quantitative estimate of drug-likeness (QED) is 0.118. The van der Waals surface area contributed by atoms with Gasteiger partial charge >= 0.3 is 11.9 Å². The van der Waals surface area contributed by atoms with Gasteiger partial charge in [-0.05, 0) is 49.4 Å². The number of nitrogens with two attached hydrogens (primary N) is 2. The van der Waals surface area contributed by atoms with Gasteiger partial charge in [0.15, 0.2) is 0 Å². The lowest BCUT2D eigenvalue weighted by Crippen LogP contribution is -2.58. The summed E-state index contributed by atoms with van der Waals surface area (Å²) < 4.78 is 0. The standard InChI is InChI=1S/C25H39N5O8/c1-14(2)11-18(23(35)30-20(25(37)38)13-21(32)33)29-24(36)19(12-15-6-8-16(31)9-7-15)28-22(34)17(27)5-3-4-10-26/h6-9,14,17-20,31H,3-5,10-13,26-27H2,1-2H3,(H,28,34)(H,29,36)(H,30,35)(H,32,33)(H,37,38). The molecule has 0 bridgehead atoms. The van der Waals surface area contributed by atoms with E-state index in [1.807, 2.05) is 0 Å². The minimum atomic E-state index is -1.69. The molecule has 38 heavy (non-hydrogen) atoms. The van der Waals surface area contributed by atoms with Crippen molar-refractivity contribution in [2.75, 3.05) is 6.54 Å². The number of carbonyl (C=O) groups excluding carboxylic acids is 3. The maximum absolute atomic E-state index is 13.3. The Hall–Kier alpha value is -3.71. The molecule has 0 saturated heterocycles. The third-order valence-electron chi connectivity index (χ3n) is 5.65. The van der Waals surface area contributed by atoms with Crippen LogP contribution in [0.3, 0.4) is 0 Å². The van der Waals surface area contributed by atoms with E-state index in [1.165, 1.54) is 12.1 Å². The summed E-state index contributed by atoms with van der Waals surface area (Å²) in [6.45, 7) is 4.03. The van der Waals surface area contributed by atoms with Crippen LogP contribution in [0.2, 0.25) is 0 Å². The van der Waals surface area contributed by atoms with E-state index in [0.29, 0.717) is 31.4 Å². The van der Waals surface area contributed by atoms with Crippen LogP contribution in [0.4, 0.5) is 0 Å². The summed E-state index contributed by atoms with van der Waals surface area (Å²) in [4.78, 5) is 61.3. The lowest BCUT2D eigenvalue weighted by molar-refractivity contribution is -0.147. The molecule has 0 saturated carbocycles. The van der Waals surface area contributed by atoms with Gasteiger partial charge in [0.25, 0.3) is 0 Å². The van der Waals surface area contributed by atoms with Gasteiger partial charge in [-0.2, -0.15) is 0 Å². The SMILES string of the molecule is CC(C)CC(NC(=O)C(Cc1ccc(O)cc1)NC(=O)C(N)CCCCN)C(=O)NC(CC(=O)O)C(=O)O. The molecule has 0 fully saturated rings. The Balaban J connectivity index is 3.11. The van der Waals surface area contributed by atoms with Crippen molar-refractivity contribution < 1.29 is 39.3 Å². The van der Waals surface area contributed by atoms with E-state index in [4.69, 9.17) is 16.6 Å². The molecule has 0 aliphatic carbocycles. The van der Waals surface area contributed by atoms with Crippen molar-refractivity contribution >= 4 is 29.7 Å². The Labute approximate surface area is 221 Å². The lowest BCUT2D eigenvalue weighted by atomic mass is 10.00. The summed E-state index contributed by atoms with van der Waals surface area (Å²) >= 11 is 0. The molecule has 1 aromatic carbocycles. The van der Waals surface area contributed by atoms with Gasteiger partial charge < -0.3 is 42.7 Å². The normalized spacial score (nSPS) is 14.1. The summed E-state index contributed by atoms with van der Waals surface area (Å²) in [6.07, 6.45) is 0.955. The molecule has 0 aliphatic heterocycles. The average Bonchev–Trinajstić information content (AvgIpc) is 2.83. The first-order valence-corrected chi connectivity index (χ1v) is 12.4. The second-order valence-electron chi connectivity index (χ2n) is 9.51. The van der Waals surface area contributed by atoms with E-state index < -0.39 is 60.2 Å². The molecular weight excluding hydrogens is 498 g/mol. The van der Waals surface area contributed by atoms with Crippen molar-refractivity contribution in [2.24, 2.45) is 17.4 Å². The van der Waals surface area contributed by atoms with Crippen LogP contribution in [0, 0.1) is 5.92 Å². The van der Waals surface area contributed by atoms with E-state index in [-0.39, 0.29) is 24.5 Å². The van der Waals surface area contributed by atoms with E-state index >= 15 is 0 Å². The topological polar surface area (TPSA) is 234 Å². The summed E-state index contributed by atoms with van der Waals surface area (Å²) in [7, 11) is 0. The molecule has 0 heterocycles. The molecule has 4 atom stereocenters. The Morgan fingerprint density at radius 2 is 1.39 bits per heavy atom. The third-order valence-corrected chi connectivity index (χ3v) is 5.65. The zero-order valence-electron chi connectivity index (χ0n) is 21.7. The van der Waals surface area contributed by atoms with Gasteiger partial charge in [0.2, 0.25) is 17.7 Å². The van der Waals surface area contributed by atoms with Crippen LogP contribution in [0.5, 0.6) is 5.75 Å². The van der Waals surface area contributed by atoms with Crippen LogP contribution < -0.4 is 27.4 Å². The van der Waals surface area contributed by atoms with Gasteiger partial charge in [-0.1, -0.05) is 32.4 Å². The maximum atomic E-state index is 13.3. The van der Waals surface area contributed by atoms with Crippen molar-refractivity contribution in [3.8, 4) is 5.75 Å². The number of aliphatic carboxylic acids is 2. The molecule has 10 N–H and O–H groups in total.